The second-order valence-electron chi connectivity index (χ2n) is 6.52. The molecule has 2 rings (SSSR count). The molecule has 0 bridgehead atoms. The molecule has 2 aromatic rings. The van der Waals surface area contributed by atoms with Gasteiger partial charge in [-0.3, -0.25) is 4.99 Å². The van der Waals surface area contributed by atoms with Gasteiger partial charge in [0.15, 0.2) is 11.8 Å². The van der Waals surface area contributed by atoms with Gasteiger partial charge in [-0.15, -0.1) is 0 Å². The van der Waals surface area contributed by atoms with Crippen LogP contribution in [0, 0.1) is 6.92 Å². The molecule has 1 atom stereocenters. The molecule has 1 aromatic carbocycles. The Morgan fingerprint density at radius 3 is 2.65 bits per heavy atom. The SMILES string of the molecule is CN=C(NCCc1nc(C(C)C)no1)NCC(C)Oc1ccccc1C. The molecule has 0 saturated heterocycles. The van der Waals surface area contributed by atoms with Crippen molar-refractivity contribution in [3.05, 3.63) is 41.5 Å². The Bertz CT molecular complexity index is 711. The highest BCUT2D eigenvalue weighted by Crippen LogP contribution is 2.17. The Morgan fingerprint density at radius 2 is 2.00 bits per heavy atom. The Kier molecular flexibility index (Phi) is 7.44. The first-order valence-corrected chi connectivity index (χ1v) is 8.99. The Balaban J connectivity index is 1.72. The van der Waals surface area contributed by atoms with Gasteiger partial charge >= 0.3 is 0 Å². The van der Waals surface area contributed by atoms with Crippen LogP contribution in [0.5, 0.6) is 5.75 Å². The molecular weight excluding hydrogens is 330 g/mol. The van der Waals surface area contributed by atoms with Crippen LogP contribution in [0.1, 0.15) is 44.0 Å². The molecule has 0 amide bonds. The van der Waals surface area contributed by atoms with Crippen molar-refractivity contribution in [2.75, 3.05) is 20.1 Å². The number of benzene rings is 1. The Labute approximate surface area is 155 Å². The first-order chi connectivity index (χ1) is 12.5. The van der Waals surface area contributed by atoms with Gasteiger partial charge in [0.2, 0.25) is 5.89 Å². The molecule has 7 heteroatoms. The maximum absolute atomic E-state index is 5.96. The van der Waals surface area contributed by atoms with Crippen molar-refractivity contribution in [2.45, 2.75) is 46.1 Å². The summed E-state index contributed by atoms with van der Waals surface area (Å²) in [5, 5.41) is 10.5. The maximum atomic E-state index is 5.96. The third-order valence-corrected chi connectivity index (χ3v) is 3.83. The van der Waals surface area contributed by atoms with E-state index in [1.54, 1.807) is 7.05 Å². The molecule has 0 saturated carbocycles. The van der Waals surface area contributed by atoms with Crippen LogP contribution in [-0.4, -0.2) is 42.3 Å². The van der Waals surface area contributed by atoms with Crippen molar-refractivity contribution < 1.29 is 9.26 Å². The number of para-hydroxylation sites is 1. The standard InChI is InChI=1S/C19H29N5O2/c1-13(2)18-23-17(26-24-18)10-11-21-19(20-5)22-12-15(4)25-16-9-7-6-8-14(16)3/h6-9,13,15H,10-12H2,1-5H3,(H2,20,21,22). The molecule has 0 fully saturated rings. The van der Waals surface area contributed by atoms with Gasteiger partial charge in [0, 0.05) is 25.9 Å². The second kappa shape index (κ2) is 9.79. The van der Waals surface area contributed by atoms with E-state index in [2.05, 4.69) is 25.8 Å². The number of hydrogen-bond acceptors (Lipinski definition) is 5. The van der Waals surface area contributed by atoms with Crippen LogP contribution < -0.4 is 15.4 Å². The molecule has 0 radical (unpaired) electrons. The third kappa shape index (κ3) is 6.06. The first-order valence-electron chi connectivity index (χ1n) is 8.99. The lowest BCUT2D eigenvalue weighted by Crippen LogP contribution is -2.42. The molecule has 1 heterocycles. The summed E-state index contributed by atoms with van der Waals surface area (Å²) in [4.78, 5) is 8.59. The largest absolute Gasteiger partial charge is 0.489 e. The summed E-state index contributed by atoms with van der Waals surface area (Å²) >= 11 is 0. The van der Waals surface area contributed by atoms with Crippen LogP contribution >= 0.6 is 0 Å². The van der Waals surface area contributed by atoms with Crippen molar-refractivity contribution in [1.29, 1.82) is 0 Å². The van der Waals surface area contributed by atoms with Gasteiger partial charge in [0.25, 0.3) is 0 Å². The van der Waals surface area contributed by atoms with Crippen molar-refractivity contribution in [1.82, 2.24) is 20.8 Å². The molecule has 0 aliphatic heterocycles. The molecule has 1 aromatic heterocycles. The fourth-order valence-corrected chi connectivity index (χ4v) is 2.30. The zero-order valence-electron chi connectivity index (χ0n) is 16.2. The summed E-state index contributed by atoms with van der Waals surface area (Å²) in [5.41, 5.74) is 1.13. The minimum Gasteiger partial charge on any atom is -0.489 e. The zero-order chi connectivity index (χ0) is 18.9. The van der Waals surface area contributed by atoms with Crippen LogP contribution in [0.4, 0.5) is 0 Å². The van der Waals surface area contributed by atoms with Gasteiger partial charge in [-0.05, 0) is 25.5 Å². The van der Waals surface area contributed by atoms with E-state index in [1.165, 1.54) is 0 Å². The summed E-state index contributed by atoms with van der Waals surface area (Å²) in [5.74, 6) is 3.26. The molecule has 1 unspecified atom stereocenters. The second-order valence-corrected chi connectivity index (χ2v) is 6.52. The smallest absolute Gasteiger partial charge is 0.228 e. The molecule has 26 heavy (non-hydrogen) atoms. The minimum absolute atomic E-state index is 0.0131. The highest BCUT2D eigenvalue weighted by Gasteiger charge is 2.10. The highest BCUT2D eigenvalue weighted by atomic mass is 16.5. The van der Waals surface area contributed by atoms with Crippen molar-refractivity contribution in [2.24, 2.45) is 4.99 Å². The predicted octanol–water partition coefficient (Wildman–Crippen LogP) is 2.68. The summed E-state index contributed by atoms with van der Waals surface area (Å²) < 4.78 is 11.2. The van der Waals surface area contributed by atoms with E-state index in [-0.39, 0.29) is 12.0 Å². The van der Waals surface area contributed by atoms with Crippen LogP contribution in [0.25, 0.3) is 0 Å². The molecule has 0 spiro atoms. The summed E-state index contributed by atoms with van der Waals surface area (Å²) in [7, 11) is 1.74. The molecule has 7 nitrogen and oxygen atoms in total. The summed E-state index contributed by atoms with van der Waals surface area (Å²) in [6.07, 6.45) is 0.662. The van der Waals surface area contributed by atoms with Crippen LogP contribution in [0.15, 0.2) is 33.8 Å². The van der Waals surface area contributed by atoms with E-state index in [4.69, 9.17) is 9.26 Å². The van der Waals surface area contributed by atoms with E-state index in [9.17, 15) is 0 Å². The maximum Gasteiger partial charge on any atom is 0.228 e. The van der Waals surface area contributed by atoms with Crippen molar-refractivity contribution in [3.8, 4) is 5.75 Å². The Hall–Kier alpha value is -2.57. The fraction of sp³-hybridized carbons (Fsp3) is 0.526. The molecular formula is C19H29N5O2. The van der Waals surface area contributed by atoms with Crippen LogP contribution in [-0.2, 0) is 6.42 Å². The van der Waals surface area contributed by atoms with Crippen molar-refractivity contribution >= 4 is 5.96 Å². The molecule has 0 aliphatic rings. The minimum atomic E-state index is 0.0131. The number of aliphatic imine (C=N–C) groups is 1. The number of aromatic nitrogens is 2. The fourth-order valence-electron chi connectivity index (χ4n) is 2.30. The van der Waals surface area contributed by atoms with Gasteiger partial charge < -0.3 is 19.9 Å². The van der Waals surface area contributed by atoms with Gasteiger partial charge in [-0.25, -0.2) is 0 Å². The number of ether oxygens (including phenoxy) is 1. The number of hydrogen-bond donors (Lipinski definition) is 2. The third-order valence-electron chi connectivity index (χ3n) is 3.83. The van der Waals surface area contributed by atoms with Crippen molar-refractivity contribution in [3.63, 3.8) is 0 Å². The topological polar surface area (TPSA) is 84.6 Å². The number of rotatable bonds is 8. The lowest BCUT2D eigenvalue weighted by molar-refractivity contribution is 0.222. The number of nitrogens with zero attached hydrogens (tertiary/aromatic N) is 3. The monoisotopic (exact) mass is 359 g/mol. The quantitative estimate of drug-likeness (QED) is 0.557. The number of aryl methyl sites for hydroxylation is 1. The average Bonchev–Trinajstić information content (AvgIpc) is 3.09. The van der Waals surface area contributed by atoms with Gasteiger partial charge in [0.1, 0.15) is 11.9 Å². The lowest BCUT2D eigenvalue weighted by Gasteiger charge is -2.18. The first kappa shape index (κ1) is 19.8. The van der Waals surface area contributed by atoms with E-state index >= 15 is 0 Å². The van der Waals surface area contributed by atoms with Crippen LogP contribution in [0.2, 0.25) is 0 Å². The summed E-state index contributed by atoms with van der Waals surface area (Å²) in [6.45, 7) is 9.45. The lowest BCUT2D eigenvalue weighted by atomic mass is 10.2. The van der Waals surface area contributed by atoms with Gasteiger partial charge in [0.05, 0.1) is 6.54 Å². The van der Waals surface area contributed by atoms with E-state index in [1.807, 2.05) is 52.0 Å². The highest BCUT2D eigenvalue weighted by molar-refractivity contribution is 5.79. The predicted molar refractivity (Wildman–Crippen MR) is 103 cm³/mol. The normalized spacial score (nSPS) is 12.9. The van der Waals surface area contributed by atoms with Gasteiger partial charge in [-0.1, -0.05) is 37.2 Å². The molecule has 2 N–H and O–H groups in total. The Morgan fingerprint density at radius 1 is 1.23 bits per heavy atom. The van der Waals surface area contributed by atoms with E-state index in [0.29, 0.717) is 31.4 Å². The number of guanidine groups is 1. The van der Waals surface area contributed by atoms with Gasteiger partial charge in [-0.2, -0.15) is 4.98 Å². The zero-order valence-corrected chi connectivity index (χ0v) is 16.2. The average molecular weight is 359 g/mol. The van der Waals surface area contributed by atoms with E-state index in [0.717, 1.165) is 17.1 Å². The van der Waals surface area contributed by atoms with E-state index < -0.39 is 0 Å². The molecule has 0 aliphatic carbocycles. The summed E-state index contributed by atoms with van der Waals surface area (Å²) in [6, 6.07) is 8.00. The van der Waals surface area contributed by atoms with Crippen LogP contribution in [0.3, 0.4) is 0 Å². The molecule has 142 valence electrons. The number of nitrogens with one attached hydrogen (secondary N) is 2.